The molecule has 0 heterocycles. The maximum atomic E-state index is 11.5. The molecular weight excluding hydrogens is 200 g/mol. The minimum absolute atomic E-state index is 0.102. The van der Waals surface area contributed by atoms with Crippen molar-refractivity contribution in [2.24, 2.45) is 0 Å². The van der Waals surface area contributed by atoms with Crippen LogP contribution in [-0.2, 0) is 4.79 Å². The Morgan fingerprint density at radius 3 is 2.69 bits per heavy atom. The van der Waals surface area contributed by atoms with E-state index >= 15 is 0 Å². The first-order valence-corrected chi connectivity index (χ1v) is 5.83. The zero-order valence-electron chi connectivity index (χ0n) is 9.57. The van der Waals surface area contributed by atoms with E-state index in [1.54, 1.807) is 0 Å². The Kier molecular flexibility index (Phi) is 3.57. The predicted octanol–water partition coefficient (Wildman–Crippen LogP) is 1.62. The van der Waals surface area contributed by atoms with Gasteiger partial charge >= 0.3 is 0 Å². The number of amides is 1. The van der Waals surface area contributed by atoms with E-state index in [0.717, 1.165) is 12.8 Å². The first-order chi connectivity index (χ1) is 7.75. The van der Waals surface area contributed by atoms with Crippen LogP contribution in [0.2, 0.25) is 0 Å². The van der Waals surface area contributed by atoms with Crippen LogP contribution in [-0.4, -0.2) is 18.5 Å². The summed E-state index contributed by atoms with van der Waals surface area (Å²) in [6, 6.07) is 10.8. The molecule has 0 aromatic heterocycles. The van der Waals surface area contributed by atoms with Crippen molar-refractivity contribution >= 4 is 5.91 Å². The number of benzene rings is 1. The Labute approximate surface area is 96.2 Å². The second-order valence-electron chi connectivity index (χ2n) is 4.36. The van der Waals surface area contributed by atoms with Crippen molar-refractivity contribution in [3.05, 3.63) is 35.9 Å². The number of carbonyl (C=O) groups is 1. The molecule has 1 amide bonds. The Hall–Kier alpha value is -1.35. The molecule has 3 nitrogen and oxygen atoms in total. The van der Waals surface area contributed by atoms with E-state index in [9.17, 15) is 4.79 Å². The van der Waals surface area contributed by atoms with E-state index in [4.69, 9.17) is 0 Å². The summed E-state index contributed by atoms with van der Waals surface area (Å²) in [6.07, 6.45) is 2.28. The second-order valence-corrected chi connectivity index (χ2v) is 4.36. The lowest BCUT2D eigenvalue weighted by molar-refractivity contribution is -0.120. The molecule has 0 unspecified atom stereocenters. The molecule has 86 valence electrons. The van der Waals surface area contributed by atoms with Gasteiger partial charge in [0.05, 0.1) is 6.54 Å². The lowest BCUT2D eigenvalue weighted by Crippen LogP contribution is -2.36. The average Bonchev–Trinajstić information content (AvgIpc) is 3.11. The highest BCUT2D eigenvalue weighted by Gasteiger charge is 2.23. The summed E-state index contributed by atoms with van der Waals surface area (Å²) in [4.78, 5) is 11.5. The van der Waals surface area contributed by atoms with Gasteiger partial charge in [-0.05, 0) is 25.3 Å². The van der Waals surface area contributed by atoms with Gasteiger partial charge in [0, 0.05) is 12.1 Å². The smallest absolute Gasteiger partial charge is 0.234 e. The number of rotatable bonds is 5. The third-order valence-electron chi connectivity index (χ3n) is 2.81. The molecule has 2 rings (SSSR count). The molecule has 16 heavy (non-hydrogen) atoms. The molecule has 3 heteroatoms. The van der Waals surface area contributed by atoms with Gasteiger partial charge in [-0.1, -0.05) is 30.3 Å². The zero-order valence-corrected chi connectivity index (χ0v) is 9.57. The summed E-state index contributed by atoms with van der Waals surface area (Å²) in [7, 11) is 0. The van der Waals surface area contributed by atoms with Crippen LogP contribution in [0.25, 0.3) is 0 Å². The van der Waals surface area contributed by atoms with E-state index in [1.165, 1.54) is 5.56 Å². The van der Waals surface area contributed by atoms with Crippen molar-refractivity contribution in [3.63, 3.8) is 0 Å². The molecule has 1 aliphatic rings. The van der Waals surface area contributed by atoms with Gasteiger partial charge in [0.25, 0.3) is 0 Å². The summed E-state index contributed by atoms with van der Waals surface area (Å²) in [6.45, 7) is 2.46. The fourth-order valence-electron chi connectivity index (χ4n) is 1.61. The number of carbonyl (C=O) groups excluding carboxylic acids is 1. The topological polar surface area (TPSA) is 41.1 Å². The van der Waals surface area contributed by atoms with Crippen LogP contribution >= 0.6 is 0 Å². The third kappa shape index (κ3) is 3.35. The lowest BCUT2D eigenvalue weighted by Gasteiger charge is -2.13. The van der Waals surface area contributed by atoms with Gasteiger partial charge in [0.15, 0.2) is 0 Å². The SMILES string of the molecule is C[C@@H](NCC(=O)NC1CC1)c1ccccc1. The first kappa shape index (κ1) is 11.1. The molecule has 1 aliphatic carbocycles. The summed E-state index contributed by atoms with van der Waals surface area (Å²) in [5.41, 5.74) is 1.21. The van der Waals surface area contributed by atoms with Crippen LogP contribution in [0.4, 0.5) is 0 Å². The van der Waals surface area contributed by atoms with Gasteiger partial charge in [0.2, 0.25) is 5.91 Å². The van der Waals surface area contributed by atoms with Gasteiger partial charge in [-0.25, -0.2) is 0 Å². The molecule has 0 spiro atoms. The molecule has 1 aromatic rings. The fraction of sp³-hybridized carbons (Fsp3) is 0.462. The Morgan fingerprint density at radius 2 is 2.06 bits per heavy atom. The van der Waals surface area contributed by atoms with E-state index in [0.29, 0.717) is 12.6 Å². The standard InChI is InChI=1S/C13H18N2O/c1-10(11-5-3-2-4-6-11)14-9-13(16)15-12-7-8-12/h2-6,10,12,14H,7-9H2,1H3,(H,15,16)/t10-/m1/s1. The quantitative estimate of drug-likeness (QED) is 0.788. The molecule has 0 bridgehead atoms. The van der Waals surface area contributed by atoms with E-state index in [1.807, 2.05) is 18.2 Å². The van der Waals surface area contributed by atoms with Gasteiger partial charge in [-0.3, -0.25) is 4.79 Å². The molecule has 2 N–H and O–H groups in total. The van der Waals surface area contributed by atoms with Gasteiger partial charge < -0.3 is 10.6 Å². The highest BCUT2D eigenvalue weighted by atomic mass is 16.2. The van der Waals surface area contributed by atoms with E-state index in [2.05, 4.69) is 29.7 Å². The van der Waals surface area contributed by atoms with Crippen molar-refractivity contribution < 1.29 is 4.79 Å². The largest absolute Gasteiger partial charge is 0.352 e. The molecule has 1 atom stereocenters. The van der Waals surface area contributed by atoms with Crippen LogP contribution in [0, 0.1) is 0 Å². The molecule has 0 aliphatic heterocycles. The van der Waals surface area contributed by atoms with Gasteiger partial charge in [-0.15, -0.1) is 0 Å². The minimum atomic E-state index is 0.102. The van der Waals surface area contributed by atoms with Crippen molar-refractivity contribution in [1.82, 2.24) is 10.6 Å². The highest BCUT2D eigenvalue weighted by Crippen LogP contribution is 2.18. The van der Waals surface area contributed by atoms with Crippen LogP contribution in [0.5, 0.6) is 0 Å². The third-order valence-corrected chi connectivity index (χ3v) is 2.81. The molecule has 0 saturated heterocycles. The minimum Gasteiger partial charge on any atom is -0.352 e. The maximum absolute atomic E-state index is 11.5. The predicted molar refractivity (Wildman–Crippen MR) is 64.0 cm³/mol. The molecule has 0 radical (unpaired) electrons. The van der Waals surface area contributed by atoms with Crippen LogP contribution in [0.3, 0.4) is 0 Å². The van der Waals surface area contributed by atoms with E-state index < -0.39 is 0 Å². The number of nitrogens with one attached hydrogen (secondary N) is 2. The Morgan fingerprint density at radius 1 is 1.38 bits per heavy atom. The van der Waals surface area contributed by atoms with Gasteiger partial charge in [-0.2, -0.15) is 0 Å². The number of hydrogen-bond acceptors (Lipinski definition) is 2. The summed E-state index contributed by atoms with van der Waals surface area (Å²) < 4.78 is 0. The van der Waals surface area contributed by atoms with Crippen LogP contribution < -0.4 is 10.6 Å². The van der Waals surface area contributed by atoms with Gasteiger partial charge in [0.1, 0.15) is 0 Å². The zero-order chi connectivity index (χ0) is 11.4. The van der Waals surface area contributed by atoms with Crippen LogP contribution in [0.1, 0.15) is 31.4 Å². The Bertz CT molecular complexity index is 346. The van der Waals surface area contributed by atoms with E-state index in [-0.39, 0.29) is 11.9 Å². The first-order valence-electron chi connectivity index (χ1n) is 5.83. The average molecular weight is 218 g/mol. The molecule has 1 aromatic carbocycles. The van der Waals surface area contributed by atoms with Crippen molar-refractivity contribution in [3.8, 4) is 0 Å². The lowest BCUT2D eigenvalue weighted by atomic mass is 10.1. The normalized spacial score (nSPS) is 16.8. The van der Waals surface area contributed by atoms with Crippen molar-refractivity contribution in [1.29, 1.82) is 0 Å². The highest BCUT2D eigenvalue weighted by molar-refractivity contribution is 5.78. The summed E-state index contributed by atoms with van der Waals surface area (Å²) in [5.74, 6) is 0.102. The van der Waals surface area contributed by atoms with Crippen molar-refractivity contribution in [2.45, 2.75) is 31.8 Å². The summed E-state index contributed by atoms with van der Waals surface area (Å²) in [5, 5.41) is 6.18. The fourth-order valence-corrected chi connectivity index (χ4v) is 1.61. The maximum Gasteiger partial charge on any atom is 0.234 e. The Balaban J connectivity index is 1.74. The molecule has 1 saturated carbocycles. The van der Waals surface area contributed by atoms with Crippen molar-refractivity contribution in [2.75, 3.05) is 6.54 Å². The number of hydrogen-bond donors (Lipinski definition) is 2. The second kappa shape index (κ2) is 5.12. The monoisotopic (exact) mass is 218 g/mol. The van der Waals surface area contributed by atoms with Crippen LogP contribution in [0.15, 0.2) is 30.3 Å². The molecule has 1 fully saturated rings. The summed E-state index contributed by atoms with van der Waals surface area (Å²) >= 11 is 0. The molecular formula is C13H18N2O.